The highest BCUT2D eigenvalue weighted by Gasteiger charge is 2.31. The van der Waals surface area contributed by atoms with Crippen LogP contribution in [-0.4, -0.2) is 55.1 Å². The molecule has 9 heteroatoms. The number of hydrogen-bond donors (Lipinski definition) is 3. The third-order valence-corrected chi connectivity index (χ3v) is 4.68. The van der Waals surface area contributed by atoms with Crippen LogP contribution in [0.1, 0.15) is 15.9 Å². The Morgan fingerprint density at radius 2 is 1.81 bits per heavy atom. The summed E-state index contributed by atoms with van der Waals surface area (Å²) < 4.78 is 10.5. The molecule has 2 aromatic carbocycles. The number of benzene rings is 2. The molecule has 0 unspecified atom stereocenters. The van der Waals surface area contributed by atoms with E-state index in [4.69, 9.17) is 14.6 Å². The zero-order chi connectivity index (χ0) is 22.4. The van der Waals surface area contributed by atoms with Gasteiger partial charge in [0.25, 0.3) is 17.7 Å². The monoisotopic (exact) mass is 425 g/mol. The first kappa shape index (κ1) is 21.8. The number of imide groups is 1. The maximum atomic E-state index is 12.8. The van der Waals surface area contributed by atoms with E-state index < -0.39 is 11.8 Å². The SMILES string of the molecule is COc1ccc(CNC(=O)c2ccccc2NC2=CC(=O)N(CCO)C2=O)cc1OC. The van der Waals surface area contributed by atoms with Gasteiger partial charge in [0.15, 0.2) is 11.5 Å². The number of carbonyl (C=O) groups is 3. The van der Waals surface area contributed by atoms with E-state index in [-0.39, 0.29) is 31.3 Å². The molecule has 0 saturated heterocycles. The second-order valence-electron chi connectivity index (χ2n) is 6.62. The van der Waals surface area contributed by atoms with Gasteiger partial charge in [0.2, 0.25) is 0 Å². The first-order chi connectivity index (χ1) is 15.0. The summed E-state index contributed by atoms with van der Waals surface area (Å²) in [4.78, 5) is 38.0. The molecule has 3 N–H and O–H groups in total. The third kappa shape index (κ3) is 4.84. The van der Waals surface area contributed by atoms with E-state index in [1.54, 1.807) is 43.5 Å². The van der Waals surface area contributed by atoms with Crippen molar-refractivity contribution in [3.63, 3.8) is 0 Å². The molecule has 0 saturated carbocycles. The average molecular weight is 425 g/mol. The highest BCUT2D eigenvalue weighted by Crippen LogP contribution is 2.27. The molecule has 1 aliphatic heterocycles. The lowest BCUT2D eigenvalue weighted by molar-refractivity contribution is -0.137. The van der Waals surface area contributed by atoms with Gasteiger partial charge in [-0.05, 0) is 29.8 Å². The van der Waals surface area contributed by atoms with Crippen LogP contribution in [0.4, 0.5) is 5.69 Å². The van der Waals surface area contributed by atoms with Crippen molar-refractivity contribution in [2.24, 2.45) is 0 Å². The summed E-state index contributed by atoms with van der Waals surface area (Å²) in [5.41, 5.74) is 1.55. The molecule has 31 heavy (non-hydrogen) atoms. The summed E-state index contributed by atoms with van der Waals surface area (Å²) >= 11 is 0. The molecule has 0 radical (unpaired) electrons. The van der Waals surface area contributed by atoms with Crippen molar-refractivity contribution in [2.45, 2.75) is 6.54 Å². The third-order valence-electron chi connectivity index (χ3n) is 4.68. The number of ether oxygens (including phenoxy) is 2. The zero-order valence-electron chi connectivity index (χ0n) is 17.2. The van der Waals surface area contributed by atoms with E-state index in [9.17, 15) is 14.4 Å². The largest absolute Gasteiger partial charge is 0.493 e. The summed E-state index contributed by atoms with van der Waals surface area (Å²) in [6, 6.07) is 12.0. The van der Waals surface area contributed by atoms with Gasteiger partial charge in [-0.3, -0.25) is 19.3 Å². The number of amides is 3. The number of methoxy groups -OCH3 is 2. The summed E-state index contributed by atoms with van der Waals surface area (Å²) in [5, 5.41) is 14.7. The molecule has 2 aromatic rings. The van der Waals surface area contributed by atoms with Crippen LogP contribution < -0.4 is 20.1 Å². The summed E-state index contributed by atoms with van der Waals surface area (Å²) in [6.45, 7) is -0.168. The van der Waals surface area contributed by atoms with Gasteiger partial charge in [0.05, 0.1) is 38.6 Å². The molecule has 0 fully saturated rings. The maximum Gasteiger partial charge on any atom is 0.277 e. The van der Waals surface area contributed by atoms with E-state index in [0.717, 1.165) is 16.5 Å². The van der Waals surface area contributed by atoms with Gasteiger partial charge in [-0.1, -0.05) is 18.2 Å². The molecule has 162 valence electrons. The van der Waals surface area contributed by atoms with Crippen LogP contribution in [0.3, 0.4) is 0 Å². The van der Waals surface area contributed by atoms with Gasteiger partial charge in [-0.2, -0.15) is 0 Å². The fraction of sp³-hybridized carbons (Fsp3) is 0.227. The predicted octanol–water partition coefficient (Wildman–Crippen LogP) is 1.29. The highest BCUT2D eigenvalue weighted by molar-refractivity contribution is 6.17. The van der Waals surface area contributed by atoms with E-state index >= 15 is 0 Å². The number of rotatable bonds is 9. The quantitative estimate of drug-likeness (QED) is 0.518. The van der Waals surface area contributed by atoms with Crippen LogP contribution in [0.25, 0.3) is 0 Å². The van der Waals surface area contributed by atoms with E-state index in [1.807, 2.05) is 6.07 Å². The van der Waals surface area contributed by atoms with Gasteiger partial charge in [0, 0.05) is 12.6 Å². The van der Waals surface area contributed by atoms with Gasteiger partial charge < -0.3 is 25.2 Å². The Morgan fingerprint density at radius 1 is 1.06 bits per heavy atom. The number of nitrogens with one attached hydrogen (secondary N) is 2. The molecular formula is C22H23N3O6. The highest BCUT2D eigenvalue weighted by atomic mass is 16.5. The van der Waals surface area contributed by atoms with Gasteiger partial charge in [0.1, 0.15) is 5.70 Å². The number of anilines is 1. The summed E-state index contributed by atoms with van der Waals surface area (Å²) in [5.74, 6) is -0.287. The van der Waals surface area contributed by atoms with E-state index in [2.05, 4.69) is 10.6 Å². The Hall–Kier alpha value is -3.85. The number of β-amino-alcohol motifs (C(OH)–C–C–N with tert-alkyl or cyclic N) is 1. The molecule has 0 atom stereocenters. The lowest BCUT2D eigenvalue weighted by Crippen LogP contribution is -2.34. The molecule has 1 heterocycles. The predicted molar refractivity (Wildman–Crippen MR) is 113 cm³/mol. The minimum absolute atomic E-state index is 0.0404. The summed E-state index contributed by atoms with van der Waals surface area (Å²) in [6.07, 6.45) is 1.15. The molecule has 0 bridgehead atoms. The van der Waals surface area contributed by atoms with Crippen LogP contribution in [0.5, 0.6) is 11.5 Å². The number of nitrogens with zero attached hydrogens (tertiary/aromatic N) is 1. The second kappa shape index (κ2) is 9.77. The van der Waals surface area contributed by atoms with Crippen molar-refractivity contribution < 1.29 is 29.0 Å². The average Bonchev–Trinajstić information content (AvgIpc) is 3.05. The van der Waals surface area contributed by atoms with Crippen LogP contribution in [0.15, 0.2) is 54.2 Å². The first-order valence-corrected chi connectivity index (χ1v) is 9.52. The second-order valence-corrected chi connectivity index (χ2v) is 6.62. The van der Waals surface area contributed by atoms with Crippen molar-refractivity contribution in [1.29, 1.82) is 0 Å². The zero-order valence-corrected chi connectivity index (χ0v) is 17.2. The molecule has 3 amide bonds. The first-order valence-electron chi connectivity index (χ1n) is 9.52. The normalized spacial score (nSPS) is 13.1. The fourth-order valence-corrected chi connectivity index (χ4v) is 3.11. The van der Waals surface area contributed by atoms with Crippen LogP contribution in [0.2, 0.25) is 0 Å². The number of aliphatic hydroxyl groups excluding tert-OH is 1. The number of hydrogen-bond acceptors (Lipinski definition) is 7. The van der Waals surface area contributed by atoms with Crippen LogP contribution in [0, 0.1) is 0 Å². The van der Waals surface area contributed by atoms with Crippen molar-refractivity contribution in [1.82, 2.24) is 10.2 Å². The Balaban J connectivity index is 1.72. The van der Waals surface area contributed by atoms with Crippen LogP contribution >= 0.6 is 0 Å². The fourth-order valence-electron chi connectivity index (χ4n) is 3.11. The van der Waals surface area contributed by atoms with Crippen LogP contribution in [-0.2, 0) is 16.1 Å². The van der Waals surface area contributed by atoms with Crippen molar-refractivity contribution >= 4 is 23.4 Å². The summed E-state index contributed by atoms with van der Waals surface area (Å²) in [7, 11) is 3.08. The van der Waals surface area contributed by atoms with Gasteiger partial charge in [-0.25, -0.2) is 0 Å². The lowest BCUT2D eigenvalue weighted by atomic mass is 10.1. The molecule has 9 nitrogen and oxygen atoms in total. The van der Waals surface area contributed by atoms with Crippen molar-refractivity contribution in [2.75, 3.05) is 32.7 Å². The molecule has 1 aliphatic rings. The van der Waals surface area contributed by atoms with Gasteiger partial charge in [-0.15, -0.1) is 0 Å². The Labute approximate surface area is 179 Å². The lowest BCUT2D eigenvalue weighted by Gasteiger charge is -2.15. The Bertz CT molecular complexity index is 1030. The number of aliphatic hydroxyl groups is 1. The Kier molecular flexibility index (Phi) is 6.88. The minimum atomic E-state index is -0.556. The standard InChI is InChI=1S/C22H23N3O6/c1-30-18-8-7-14(11-19(18)31-2)13-23-21(28)15-5-3-4-6-16(15)24-17-12-20(27)25(9-10-26)22(17)29/h3-8,11-12,24,26H,9-10,13H2,1-2H3,(H,23,28). The van der Waals surface area contributed by atoms with Crippen molar-refractivity contribution in [3.05, 3.63) is 65.4 Å². The Morgan fingerprint density at radius 3 is 2.52 bits per heavy atom. The van der Waals surface area contributed by atoms with E-state index in [0.29, 0.717) is 22.7 Å². The molecular weight excluding hydrogens is 402 g/mol. The molecule has 0 spiro atoms. The number of carbonyl (C=O) groups excluding carboxylic acids is 3. The van der Waals surface area contributed by atoms with Gasteiger partial charge >= 0.3 is 0 Å². The molecule has 0 aromatic heterocycles. The van der Waals surface area contributed by atoms with Crippen molar-refractivity contribution in [3.8, 4) is 11.5 Å². The van der Waals surface area contributed by atoms with E-state index in [1.165, 1.54) is 7.11 Å². The minimum Gasteiger partial charge on any atom is -0.493 e. The molecule has 3 rings (SSSR count). The molecule has 0 aliphatic carbocycles. The number of para-hydroxylation sites is 1. The topological polar surface area (TPSA) is 117 Å². The smallest absolute Gasteiger partial charge is 0.277 e. The maximum absolute atomic E-state index is 12.8.